The van der Waals surface area contributed by atoms with Gasteiger partial charge in [0.25, 0.3) is 0 Å². The van der Waals surface area contributed by atoms with Crippen LogP contribution in [-0.2, 0) is 4.79 Å². The van der Waals surface area contributed by atoms with E-state index in [-0.39, 0.29) is 12.0 Å². The number of carbonyl (C=O) groups excluding carboxylic acids is 1. The van der Waals surface area contributed by atoms with Crippen LogP contribution in [0.3, 0.4) is 0 Å². The van der Waals surface area contributed by atoms with Crippen molar-refractivity contribution < 1.29 is 14.6 Å². The van der Waals surface area contributed by atoms with Crippen molar-refractivity contribution in [3.63, 3.8) is 0 Å². The summed E-state index contributed by atoms with van der Waals surface area (Å²) in [6.45, 7) is 0.631. The Balaban J connectivity index is 1.82. The van der Waals surface area contributed by atoms with Crippen LogP contribution in [-0.4, -0.2) is 30.8 Å². The van der Waals surface area contributed by atoms with Gasteiger partial charge in [0.05, 0.1) is 13.2 Å². The van der Waals surface area contributed by atoms with Crippen molar-refractivity contribution in [3.8, 4) is 5.75 Å². The summed E-state index contributed by atoms with van der Waals surface area (Å²) in [5, 5.41) is 12.5. The SMILES string of the molecule is COc1ccccc1C=CC(=O)NCC1CCCC(O)C1. The van der Waals surface area contributed by atoms with Crippen LogP contribution in [0.1, 0.15) is 31.2 Å². The third-order valence-corrected chi connectivity index (χ3v) is 3.87. The van der Waals surface area contributed by atoms with E-state index in [9.17, 15) is 9.90 Å². The number of hydrogen-bond acceptors (Lipinski definition) is 3. The zero-order valence-electron chi connectivity index (χ0n) is 12.4. The summed E-state index contributed by atoms with van der Waals surface area (Å²) in [7, 11) is 1.61. The number of aliphatic hydroxyl groups excluding tert-OH is 1. The molecular weight excluding hydrogens is 266 g/mol. The number of nitrogens with one attached hydrogen (secondary N) is 1. The maximum Gasteiger partial charge on any atom is 0.244 e. The van der Waals surface area contributed by atoms with Gasteiger partial charge in [-0.2, -0.15) is 0 Å². The van der Waals surface area contributed by atoms with Crippen LogP contribution < -0.4 is 10.1 Å². The molecule has 1 saturated carbocycles. The van der Waals surface area contributed by atoms with Gasteiger partial charge in [0, 0.05) is 18.2 Å². The number of para-hydroxylation sites is 1. The first-order valence-corrected chi connectivity index (χ1v) is 7.46. The summed E-state index contributed by atoms with van der Waals surface area (Å²) in [4.78, 5) is 11.8. The van der Waals surface area contributed by atoms with Crippen LogP contribution >= 0.6 is 0 Å². The van der Waals surface area contributed by atoms with E-state index in [4.69, 9.17) is 4.74 Å². The van der Waals surface area contributed by atoms with Crippen LogP contribution in [0.15, 0.2) is 30.3 Å². The number of amides is 1. The summed E-state index contributed by atoms with van der Waals surface area (Å²) in [5.74, 6) is 1.02. The largest absolute Gasteiger partial charge is 0.496 e. The van der Waals surface area contributed by atoms with E-state index in [0.29, 0.717) is 12.5 Å². The van der Waals surface area contributed by atoms with Gasteiger partial charge in [-0.05, 0) is 37.3 Å². The average molecular weight is 289 g/mol. The van der Waals surface area contributed by atoms with Gasteiger partial charge in [-0.25, -0.2) is 0 Å². The summed E-state index contributed by atoms with van der Waals surface area (Å²) in [5.41, 5.74) is 0.878. The highest BCUT2D eigenvalue weighted by Gasteiger charge is 2.20. The zero-order valence-corrected chi connectivity index (χ0v) is 12.4. The summed E-state index contributed by atoms with van der Waals surface area (Å²) < 4.78 is 5.23. The minimum Gasteiger partial charge on any atom is -0.496 e. The highest BCUT2D eigenvalue weighted by atomic mass is 16.5. The lowest BCUT2D eigenvalue weighted by atomic mass is 9.87. The molecule has 1 aromatic rings. The van der Waals surface area contributed by atoms with E-state index < -0.39 is 0 Å². The van der Waals surface area contributed by atoms with E-state index in [2.05, 4.69) is 5.32 Å². The van der Waals surface area contributed by atoms with E-state index >= 15 is 0 Å². The Labute approximate surface area is 125 Å². The van der Waals surface area contributed by atoms with Gasteiger partial charge in [-0.15, -0.1) is 0 Å². The molecule has 0 heterocycles. The fourth-order valence-electron chi connectivity index (χ4n) is 2.72. The molecule has 2 rings (SSSR count). The van der Waals surface area contributed by atoms with Gasteiger partial charge in [0.2, 0.25) is 5.91 Å². The van der Waals surface area contributed by atoms with E-state index in [1.54, 1.807) is 13.2 Å². The number of carbonyl (C=O) groups is 1. The first-order chi connectivity index (χ1) is 10.2. The second-order valence-electron chi connectivity index (χ2n) is 5.51. The molecule has 1 fully saturated rings. The summed E-state index contributed by atoms with van der Waals surface area (Å²) in [6.07, 6.45) is 6.87. The fraction of sp³-hybridized carbons (Fsp3) is 0.471. The molecule has 0 radical (unpaired) electrons. The second-order valence-corrected chi connectivity index (χ2v) is 5.51. The molecule has 114 valence electrons. The Hall–Kier alpha value is -1.81. The molecular formula is C17H23NO3. The molecule has 0 aliphatic heterocycles. The lowest BCUT2D eigenvalue weighted by Crippen LogP contribution is -2.32. The van der Waals surface area contributed by atoms with Crippen molar-refractivity contribution >= 4 is 12.0 Å². The first-order valence-electron chi connectivity index (χ1n) is 7.46. The van der Waals surface area contributed by atoms with Crippen LogP contribution in [0.25, 0.3) is 6.08 Å². The topological polar surface area (TPSA) is 58.6 Å². The molecule has 2 unspecified atom stereocenters. The number of rotatable bonds is 5. The minimum atomic E-state index is -0.204. The zero-order chi connectivity index (χ0) is 15.1. The normalized spacial score (nSPS) is 22.2. The van der Waals surface area contributed by atoms with Crippen molar-refractivity contribution in [1.29, 1.82) is 0 Å². The molecule has 4 heteroatoms. The van der Waals surface area contributed by atoms with E-state index in [1.807, 2.05) is 24.3 Å². The smallest absolute Gasteiger partial charge is 0.244 e. The summed E-state index contributed by atoms with van der Waals surface area (Å²) in [6, 6.07) is 7.56. The van der Waals surface area contributed by atoms with Crippen LogP contribution in [0.2, 0.25) is 0 Å². The molecule has 0 aromatic heterocycles. The number of benzene rings is 1. The highest BCUT2D eigenvalue weighted by molar-refractivity contribution is 5.92. The molecule has 2 N–H and O–H groups in total. The van der Waals surface area contributed by atoms with Crippen molar-refractivity contribution in [1.82, 2.24) is 5.32 Å². The Morgan fingerprint density at radius 1 is 1.43 bits per heavy atom. The highest BCUT2D eigenvalue weighted by Crippen LogP contribution is 2.23. The molecule has 4 nitrogen and oxygen atoms in total. The predicted octanol–water partition coefficient (Wildman–Crippen LogP) is 2.38. The quantitative estimate of drug-likeness (QED) is 0.818. The van der Waals surface area contributed by atoms with Gasteiger partial charge in [0.1, 0.15) is 5.75 Å². The van der Waals surface area contributed by atoms with Crippen LogP contribution in [0.5, 0.6) is 5.75 Å². The van der Waals surface area contributed by atoms with Gasteiger partial charge in [0.15, 0.2) is 0 Å². The predicted molar refractivity (Wildman–Crippen MR) is 83.0 cm³/mol. The van der Waals surface area contributed by atoms with Crippen molar-refractivity contribution in [3.05, 3.63) is 35.9 Å². The van der Waals surface area contributed by atoms with Gasteiger partial charge < -0.3 is 15.2 Å². The van der Waals surface area contributed by atoms with Crippen LogP contribution in [0, 0.1) is 5.92 Å². The first kappa shape index (κ1) is 15.6. The Bertz CT molecular complexity index is 499. The number of aliphatic hydroxyl groups is 1. The monoisotopic (exact) mass is 289 g/mol. The number of ether oxygens (including phenoxy) is 1. The lowest BCUT2D eigenvalue weighted by Gasteiger charge is -2.25. The number of methoxy groups -OCH3 is 1. The Morgan fingerprint density at radius 3 is 3.00 bits per heavy atom. The van der Waals surface area contributed by atoms with Gasteiger partial charge >= 0.3 is 0 Å². The molecule has 0 bridgehead atoms. The maximum atomic E-state index is 11.8. The molecule has 1 amide bonds. The average Bonchev–Trinajstić information content (AvgIpc) is 2.51. The molecule has 1 aromatic carbocycles. The third kappa shape index (κ3) is 4.90. The lowest BCUT2D eigenvalue weighted by molar-refractivity contribution is -0.116. The van der Waals surface area contributed by atoms with Crippen molar-refractivity contribution in [2.75, 3.05) is 13.7 Å². The van der Waals surface area contributed by atoms with Gasteiger partial charge in [-0.3, -0.25) is 4.79 Å². The van der Waals surface area contributed by atoms with Crippen molar-refractivity contribution in [2.24, 2.45) is 5.92 Å². The Morgan fingerprint density at radius 2 is 2.24 bits per heavy atom. The maximum absolute atomic E-state index is 11.8. The molecule has 0 spiro atoms. The van der Waals surface area contributed by atoms with Crippen molar-refractivity contribution in [2.45, 2.75) is 31.8 Å². The molecule has 1 aliphatic carbocycles. The summed E-state index contributed by atoms with van der Waals surface area (Å²) >= 11 is 0. The van der Waals surface area contributed by atoms with Crippen LogP contribution in [0.4, 0.5) is 0 Å². The standard InChI is InChI=1S/C17H23NO3/c1-21-16-8-3-2-6-14(16)9-10-17(20)18-12-13-5-4-7-15(19)11-13/h2-3,6,8-10,13,15,19H,4-5,7,11-12H2,1H3,(H,18,20). The second kappa shape index (κ2) is 7.84. The molecule has 1 aliphatic rings. The fourth-order valence-corrected chi connectivity index (χ4v) is 2.72. The molecule has 21 heavy (non-hydrogen) atoms. The number of hydrogen-bond donors (Lipinski definition) is 2. The molecule has 0 saturated heterocycles. The molecule has 2 atom stereocenters. The third-order valence-electron chi connectivity index (χ3n) is 3.87. The van der Waals surface area contributed by atoms with E-state index in [0.717, 1.165) is 37.0 Å². The Kier molecular flexibility index (Phi) is 5.81. The van der Waals surface area contributed by atoms with E-state index in [1.165, 1.54) is 6.08 Å². The minimum absolute atomic E-state index is 0.110. The van der Waals surface area contributed by atoms with Gasteiger partial charge in [-0.1, -0.05) is 24.6 Å².